The molecule has 168 valence electrons. The minimum Gasteiger partial charge on any atom is -0.370 e. The van der Waals surface area contributed by atoms with Crippen LogP contribution in [0.25, 0.3) is 10.9 Å². The Morgan fingerprint density at radius 2 is 1.94 bits per heavy atom. The molecule has 0 radical (unpaired) electrons. The number of nitrogens with one attached hydrogen (secondary N) is 2. The largest absolute Gasteiger partial charge is 0.370 e. The normalized spacial score (nSPS) is 17.7. The van der Waals surface area contributed by atoms with Gasteiger partial charge in [-0.05, 0) is 32.8 Å². The first kappa shape index (κ1) is 20.7. The molecule has 0 aliphatic carbocycles. The van der Waals surface area contributed by atoms with Gasteiger partial charge in [0.25, 0.3) is 11.8 Å². The Balaban J connectivity index is 1.30. The van der Waals surface area contributed by atoms with Crippen LogP contribution in [0.2, 0.25) is 0 Å². The average Bonchev–Trinajstić information content (AvgIpc) is 3.35. The molecule has 0 bridgehead atoms. The summed E-state index contributed by atoms with van der Waals surface area (Å²) in [5, 5.41) is 15.4. The molecule has 2 aromatic heterocycles. The number of rotatable bonds is 3. The van der Waals surface area contributed by atoms with Crippen molar-refractivity contribution in [3.8, 4) is 0 Å². The number of amides is 2. The van der Waals surface area contributed by atoms with Gasteiger partial charge in [-0.3, -0.25) is 19.4 Å². The summed E-state index contributed by atoms with van der Waals surface area (Å²) in [6, 6.07) is 7.71. The third kappa shape index (κ3) is 3.46. The lowest BCUT2D eigenvalue weighted by Crippen LogP contribution is -2.50. The summed E-state index contributed by atoms with van der Waals surface area (Å²) in [4.78, 5) is 27.5. The fraction of sp³-hybridized carbons (Fsp3) is 0.478. The molecule has 1 saturated heterocycles. The van der Waals surface area contributed by atoms with E-state index in [2.05, 4.69) is 20.6 Å². The van der Waals surface area contributed by atoms with E-state index in [9.17, 15) is 9.59 Å². The summed E-state index contributed by atoms with van der Waals surface area (Å²) >= 11 is 0. The number of aromatic amines is 1. The standard InChI is InChI=1S/C23H28N6O3/c1-14(2)24-21(30)19-16-13-32-23(12-18(16)28(3)27-19)8-10-29(11-9-23)22(31)20-15-6-4-5-7-17(15)25-26-20/h4-7,14H,8-13H2,1-3H3,(H,24,30)(H,25,26). The number of benzene rings is 1. The van der Waals surface area contributed by atoms with Crippen molar-refractivity contribution in [1.29, 1.82) is 0 Å². The van der Waals surface area contributed by atoms with Gasteiger partial charge in [-0.2, -0.15) is 10.2 Å². The molecule has 2 N–H and O–H groups in total. The van der Waals surface area contributed by atoms with Crippen molar-refractivity contribution < 1.29 is 14.3 Å². The second kappa shape index (κ2) is 7.74. The van der Waals surface area contributed by atoms with E-state index < -0.39 is 0 Å². The van der Waals surface area contributed by atoms with E-state index in [1.54, 1.807) is 0 Å². The third-order valence-corrected chi connectivity index (χ3v) is 6.56. The SMILES string of the molecule is CC(C)NC(=O)c1nn(C)c2c1COC1(CCN(C(=O)c3n[nH]c4ccccc34)CC1)C2. The second-order valence-corrected chi connectivity index (χ2v) is 9.08. The summed E-state index contributed by atoms with van der Waals surface area (Å²) in [6.07, 6.45) is 2.16. The minimum atomic E-state index is -0.336. The van der Waals surface area contributed by atoms with E-state index in [1.165, 1.54) is 0 Å². The van der Waals surface area contributed by atoms with Crippen LogP contribution in [-0.2, 0) is 24.8 Å². The molecule has 4 heterocycles. The third-order valence-electron chi connectivity index (χ3n) is 6.56. The molecular weight excluding hydrogens is 408 g/mol. The van der Waals surface area contributed by atoms with Gasteiger partial charge in [0.05, 0.1) is 17.7 Å². The van der Waals surface area contributed by atoms with Crippen LogP contribution in [0.5, 0.6) is 0 Å². The van der Waals surface area contributed by atoms with Crippen molar-refractivity contribution >= 4 is 22.7 Å². The summed E-state index contributed by atoms with van der Waals surface area (Å²) in [7, 11) is 1.88. The molecule has 0 atom stereocenters. The van der Waals surface area contributed by atoms with Gasteiger partial charge in [-0.15, -0.1) is 0 Å². The molecule has 1 fully saturated rings. The molecule has 1 aromatic carbocycles. The van der Waals surface area contributed by atoms with E-state index in [-0.39, 0.29) is 23.5 Å². The smallest absolute Gasteiger partial charge is 0.274 e. The molecule has 0 unspecified atom stereocenters. The molecule has 0 saturated carbocycles. The number of aryl methyl sites for hydroxylation is 1. The van der Waals surface area contributed by atoms with Gasteiger partial charge < -0.3 is 15.0 Å². The lowest BCUT2D eigenvalue weighted by atomic mass is 9.83. The fourth-order valence-corrected chi connectivity index (χ4v) is 4.78. The molecule has 2 aliphatic heterocycles. The summed E-state index contributed by atoms with van der Waals surface area (Å²) in [6.45, 7) is 5.43. The zero-order valence-electron chi connectivity index (χ0n) is 18.6. The monoisotopic (exact) mass is 436 g/mol. The predicted molar refractivity (Wildman–Crippen MR) is 118 cm³/mol. The van der Waals surface area contributed by atoms with Crippen LogP contribution in [0, 0.1) is 0 Å². The summed E-state index contributed by atoms with van der Waals surface area (Å²) in [5.41, 5.74) is 3.36. The molecule has 9 heteroatoms. The molecule has 32 heavy (non-hydrogen) atoms. The highest BCUT2D eigenvalue weighted by atomic mass is 16.5. The molecule has 3 aromatic rings. The minimum absolute atomic E-state index is 0.0458. The van der Waals surface area contributed by atoms with E-state index in [0.29, 0.717) is 37.5 Å². The number of likely N-dealkylation sites (tertiary alicyclic amines) is 1. The highest BCUT2D eigenvalue weighted by Gasteiger charge is 2.43. The number of para-hydroxylation sites is 1. The Hall–Kier alpha value is -3.20. The highest BCUT2D eigenvalue weighted by Crippen LogP contribution is 2.37. The quantitative estimate of drug-likeness (QED) is 0.655. The molecule has 5 rings (SSSR count). The number of aromatic nitrogens is 4. The average molecular weight is 437 g/mol. The predicted octanol–water partition coefficient (Wildman–Crippen LogP) is 2.18. The van der Waals surface area contributed by atoms with E-state index in [1.807, 2.05) is 54.7 Å². The maximum Gasteiger partial charge on any atom is 0.274 e. The van der Waals surface area contributed by atoms with E-state index in [0.717, 1.165) is 35.0 Å². The van der Waals surface area contributed by atoms with Crippen LogP contribution < -0.4 is 5.32 Å². The first-order valence-electron chi connectivity index (χ1n) is 11.1. The van der Waals surface area contributed by atoms with Crippen molar-refractivity contribution in [2.24, 2.45) is 7.05 Å². The molecular formula is C23H28N6O3. The number of ether oxygens (including phenoxy) is 1. The van der Waals surface area contributed by atoms with Gasteiger partial charge in [-0.1, -0.05) is 18.2 Å². The Morgan fingerprint density at radius 3 is 2.69 bits per heavy atom. The van der Waals surface area contributed by atoms with Gasteiger partial charge in [0.1, 0.15) is 0 Å². The number of carbonyl (C=O) groups excluding carboxylic acids is 2. The molecule has 1 spiro atoms. The number of nitrogens with zero attached hydrogens (tertiary/aromatic N) is 4. The number of piperidine rings is 1. The highest BCUT2D eigenvalue weighted by molar-refractivity contribution is 6.04. The lowest BCUT2D eigenvalue weighted by molar-refractivity contribution is -0.0990. The molecule has 9 nitrogen and oxygen atoms in total. The van der Waals surface area contributed by atoms with Crippen LogP contribution >= 0.6 is 0 Å². The first-order chi connectivity index (χ1) is 15.4. The first-order valence-corrected chi connectivity index (χ1v) is 11.1. The van der Waals surface area contributed by atoms with Gasteiger partial charge >= 0.3 is 0 Å². The molecule has 2 aliphatic rings. The van der Waals surface area contributed by atoms with E-state index in [4.69, 9.17) is 4.74 Å². The van der Waals surface area contributed by atoms with Crippen molar-refractivity contribution in [2.75, 3.05) is 13.1 Å². The van der Waals surface area contributed by atoms with Crippen molar-refractivity contribution in [3.63, 3.8) is 0 Å². The van der Waals surface area contributed by atoms with Crippen LogP contribution in [0.15, 0.2) is 24.3 Å². The van der Waals surface area contributed by atoms with Crippen molar-refractivity contribution in [2.45, 2.75) is 51.4 Å². The summed E-state index contributed by atoms with van der Waals surface area (Å²) < 4.78 is 8.15. The fourth-order valence-electron chi connectivity index (χ4n) is 4.78. The maximum absolute atomic E-state index is 13.1. The Bertz CT molecular complexity index is 1190. The number of hydrogen-bond acceptors (Lipinski definition) is 5. The van der Waals surface area contributed by atoms with Crippen molar-refractivity contribution in [3.05, 3.63) is 46.9 Å². The number of hydrogen-bond donors (Lipinski definition) is 2. The van der Waals surface area contributed by atoms with E-state index >= 15 is 0 Å². The Kier molecular flexibility index (Phi) is 5.00. The topological polar surface area (TPSA) is 105 Å². The van der Waals surface area contributed by atoms with Gasteiger partial charge in [0, 0.05) is 49.2 Å². The van der Waals surface area contributed by atoms with Crippen LogP contribution in [0.3, 0.4) is 0 Å². The van der Waals surface area contributed by atoms with Crippen LogP contribution in [-0.4, -0.2) is 61.4 Å². The van der Waals surface area contributed by atoms with Gasteiger partial charge in [0.2, 0.25) is 0 Å². The number of H-pyrrole nitrogens is 1. The van der Waals surface area contributed by atoms with Crippen LogP contribution in [0.4, 0.5) is 0 Å². The second-order valence-electron chi connectivity index (χ2n) is 9.08. The maximum atomic E-state index is 13.1. The Morgan fingerprint density at radius 1 is 1.19 bits per heavy atom. The van der Waals surface area contributed by atoms with Crippen LogP contribution in [0.1, 0.15) is 58.9 Å². The van der Waals surface area contributed by atoms with Crippen molar-refractivity contribution in [1.82, 2.24) is 30.2 Å². The molecule has 2 amide bonds. The van der Waals surface area contributed by atoms with Gasteiger partial charge in [0.15, 0.2) is 11.4 Å². The summed E-state index contributed by atoms with van der Waals surface area (Å²) in [5.74, 6) is -0.218. The number of fused-ring (bicyclic) bond motifs is 2. The Labute approximate surface area is 186 Å². The van der Waals surface area contributed by atoms with Gasteiger partial charge in [-0.25, -0.2) is 0 Å². The zero-order chi connectivity index (χ0) is 22.5. The zero-order valence-corrected chi connectivity index (χ0v) is 18.6. The number of carbonyl (C=O) groups is 2. The lowest BCUT2D eigenvalue weighted by Gasteiger charge is -2.43.